The quantitative estimate of drug-likeness (QED) is 0.363. The number of anilines is 2. The second kappa shape index (κ2) is 7.12. The van der Waals surface area contributed by atoms with E-state index in [4.69, 9.17) is 5.10 Å². The predicted octanol–water partition coefficient (Wildman–Crippen LogP) is 4.48. The van der Waals surface area contributed by atoms with Gasteiger partial charge in [0.1, 0.15) is 0 Å². The van der Waals surface area contributed by atoms with Gasteiger partial charge in [0, 0.05) is 28.3 Å². The van der Waals surface area contributed by atoms with Gasteiger partial charge in [-0.15, -0.1) is 0 Å². The molecule has 5 nitrogen and oxygen atoms in total. The Balaban J connectivity index is 1.82. The van der Waals surface area contributed by atoms with E-state index in [1.165, 1.54) is 5.56 Å². The van der Waals surface area contributed by atoms with Crippen LogP contribution in [0.4, 0.5) is 11.6 Å². The normalized spacial score (nSPS) is 11.1. The molecule has 0 saturated carbocycles. The van der Waals surface area contributed by atoms with Crippen LogP contribution < -0.4 is 15.4 Å². The molecule has 5 aromatic rings. The molecule has 146 valence electrons. The molecular formula is C25H21N4O+. The van der Waals surface area contributed by atoms with Crippen LogP contribution in [-0.4, -0.2) is 9.67 Å². The molecule has 0 aliphatic rings. The van der Waals surface area contributed by atoms with Crippen molar-refractivity contribution < 1.29 is 4.52 Å². The summed E-state index contributed by atoms with van der Waals surface area (Å²) in [5.41, 5.74) is 5.21. The monoisotopic (exact) mass is 393 g/mol. The Morgan fingerprint density at radius 1 is 0.767 bits per heavy atom. The Morgan fingerprint density at radius 3 is 2.17 bits per heavy atom. The molecular weight excluding hydrogens is 372 g/mol. The highest BCUT2D eigenvalue weighted by Gasteiger charge is 2.21. The minimum absolute atomic E-state index is 0.130. The van der Waals surface area contributed by atoms with Gasteiger partial charge in [-0.1, -0.05) is 47.5 Å². The molecule has 30 heavy (non-hydrogen) atoms. The van der Waals surface area contributed by atoms with Crippen molar-refractivity contribution in [2.24, 2.45) is 0 Å². The standard InChI is InChI=1S/C25H20N4O/c1-17-7-12-20(13-8-17)26-25-27-29-22-6-4-3-5-19(22)11-16-23(29)24(30)28(25)21-14-9-18(2)10-15-21/h3-16H,1-2H3/p+1. The Bertz CT molecular complexity index is 1440. The third-order valence-corrected chi connectivity index (χ3v) is 5.24. The van der Waals surface area contributed by atoms with Crippen molar-refractivity contribution in [3.63, 3.8) is 0 Å². The van der Waals surface area contributed by atoms with E-state index in [1.54, 1.807) is 9.08 Å². The lowest BCUT2D eigenvalue weighted by Gasteiger charge is -2.12. The second-order valence-corrected chi connectivity index (χ2v) is 7.48. The third kappa shape index (κ3) is 3.10. The molecule has 0 atom stereocenters. The summed E-state index contributed by atoms with van der Waals surface area (Å²) in [6.07, 6.45) is 0. The van der Waals surface area contributed by atoms with Crippen molar-refractivity contribution in [2.45, 2.75) is 13.8 Å². The van der Waals surface area contributed by atoms with Gasteiger partial charge in [0.15, 0.2) is 0 Å². The summed E-state index contributed by atoms with van der Waals surface area (Å²) in [4.78, 5) is 13.6. The molecule has 0 saturated heterocycles. The number of rotatable bonds is 3. The van der Waals surface area contributed by atoms with Crippen molar-refractivity contribution in [3.8, 4) is 5.69 Å². The van der Waals surface area contributed by atoms with E-state index >= 15 is 0 Å². The Labute approximate surface area is 173 Å². The summed E-state index contributed by atoms with van der Waals surface area (Å²) in [5, 5.41) is 9.22. The summed E-state index contributed by atoms with van der Waals surface area (Å²) >= 11 is 0. The summed E-state index contributed by atoms with van der Waals surface area (Å²) in [6, 6.07) is 27.6. The summed E-state index contributed by atoms with van der Waals surface area (Å²) in [7, 11) is 0. The number of nitrogens with zero attached hydrogens (tertiary/aromatic N) is 3. The molecule has 0 aliphatic carbocycles. The largest absolute Gasteiger partial charge is 0.333 e. The van der Waals surface area contributed by atoms with E-state index < -0.39 is 0 Å². The number of fused-ring (bicyclic) bond motifs is 3. The van der Waals surface area contributed by atoms with E-state index in [9.17, 15) is 4.79 Å². The first-order valence-electron chi connectivity index (χ1n) is 9.88. The first-order valence-corrected chi connectivity index (χ1v) is 9.88. The summed E-state index contributed by atoms with van der Waals surface area (Å²) in [6.45, 7) is 4.07. The molecule has 0 aliphatic heterocycles. The SMILES string of the molecule is Cc1ccc(Nc2n[n+]3c(ccc4ccccc43)c(=O)n2-c2ccc(C)cc2)cc1. The fraction of sp³-hybridized carbons (Fsp3) is 0.0800. The zero-order valence-corrected chi connectivity index (χ0v) is 16.8. The molecule has 2 heterocycles. The van der Waals surface area contributed by atoms with E-state index in [2.05, 4.69) is 5.32 Å². The van der Waals surface area contributed by atoms with Crippen LogP contribution in [0, 0.1) is 13.8 Å². The maximum Gasteiger partial charge on any atom is 0.333 e. The maximum atomic E-state index is 13.6. The second-order valence-electron chi connectivity index (χ2n) is 7.48. The summed E-state index contributed by atoms with van der Waals surface area (Å²) < 4.78 is 3.35. The zero-order chi connectivity index (χ0) is 20.7. The van der Waals surface area contributed by atoms with Gasteiger partial charge in [0.2, 0.25) is 5.52 Å². The van der Waals surface area contributed by atoms with E-state index in [-0.39, 0.29) is 5.56 Å². The molecule has 0 unspecified atom stereocenters. The highest BCUT2D eigenvalue weighted by atomic mass is 16.1. The molecule has 0 bridgehead atoms. The van der Waals surface area contributed by atoms with Crippen LogP contribution in [-0.2, 0) is 0 Å². The summed E-state index contributed by atoms with van der Waals surface area (Å²) in [5.74, 6) is 0.460. The zero-order valence-electron chi connectivity index (χ0n) is 16.8. The number of hydrogen-bond donors (Lipinski definition) is 1. The van der Waals surface area contributed by atoms with E-state index in [0.29, 0.717) is 11.5 Å². The smallest absolute Gasteiger partial charge is 0.320 e. The van der Waals surface area contributed by atoms with Crippen molar-refractivity contribution in [3.05, 3.63) is 106 Å². The van der Waals surface area contributed by atoms with Crippen LogP contribution in [0.2, 0.25) is 0 Å². The van der Waals surface area contributed by atoms with Crippen molar-refractivity contribution in [1.29, 1.82) is 0 Å². The van der Waals surface area contributed by atoms with Crippen molar-refractivity contribution in [2.75, 3.05) is 5.32 Å². The lowest BCUT2D eigenvalue weighted by molar-refractivity contribution is -0.552. The third-order valence-electron chi connectivity index (χ3n) is 5.24. The number of nitrogens with one attached hydrogen (secondary N) is 1. The maximum absolute atomic E-state index is 13.6. The molecule has 0 amide bonds. The lowest BCUT2D eigenvalue weighted by Crippen LogP contribution is -2.39. The fourth-order valence-electron chi connectivity index (χ4n) is 3.59. The molecule has 2 aromatic heterocycles. The van der Waals surface area contributed by atoms with Crippen molar-refractivity contribution in [1.82, 2.24) is 9.67 Å². The molecule has 5 heteroatoms. The minimum Gasteiger partial charge on any atom is -0.320 e. The van der Waals surface area contributed by atoms with Crippen LogP contribution in [0.25, 0.3) is 22.1 Å². The van der Waals surface area contributed by atoms with Gasteiger partial charge in [-0.25, -0.2) is 4.57 Å². The minimum atomic E-state index is -0.130. The van der Waals surface area contributed by atoms with Gasteiger partial charge in [-0.2, -0.15) is 0 Å². The van der Waals surface area contributed by atoms with E-state index in [0.717, 1.165) is 27.8 Å². The van der Waals surface area contributed by atoms with Gasteiger partial charge >= 0.3 is 11.1 Å². The first kappa shape index (κ1) is 18.1. The Morgan fingerprint density at radius 2 is 1.43 bits per heavy atom. The molecule has 0 radical (unpaired) electrons. The topological polar surface area (TPSA) is 51.0 Å². The van der Waals surface area contributed by atoms with Crippen LogP contribution in [0.15, 0.2) is 89.7 Å². The van der Waals surface area contributed by atoms with Gasteiger partial charge in [-0.05, 0) is 54.8 Å². The molecule has 5 rings (SSSR count). The fourth-order valence-corrected chi connectivity index (χ4v) is 3.59. The first-order chi connectivity index (χ1) is 14.6. The molecule has 0 fully saturated rings. The van der Waals surface area contributed by atoms with E-state index in [1.807, 2.05) is 98.8 Å². The highest BCUT2D eigenvalue weighted by molar-refractivity contribution is 5.77. The number of para-hydroxylation sites is 1. The van der Waals surface area contributed by atoms with Crippen LogP contribution >= 0.6 is 0 Å². The van der Waals surface area contributed by atoms with Crippen LogP contribution in [0.1, 0.15) is 11.1 Å². The molecule has 3 aromatic carbocycles. The Kier molecular flexibility index (Phi) is 4.29. The van der Waals surface area contributed by atoms with Gasteiger partial charge in [0.05, 0.1) is 5.69 Å². The van der Waals surface area contributed by atoms with Crippen molar-refractivity contribution >= 4 is 28.1 Å². The average Bonchev–Trinajstić information content (AvgIpc) is 2.76. The van der Waals surface area contributed by atoms with Gasteiger partial charge < -0.3 is 5.32 Å². The number of pyridine rings is 1. The lowest BCUT2D eigenvalue weighted by atomic mass is 10.2. The number of aromatic nitrogens is 3. The Hall–Kier alpha value is -3.99. The van der Waals surface area contributed by atoms with Crippen LogP contribution in [0.5, 0.6) is 0 Å². The number of aryl methyl sites for hydroxylation is 2. The van der Waals surface area contributed by atoms with Gasteiger partial charge in [0.25, 0.3) is 5.95 Å². The average molecular weight is 393 g/mol. The number of hydrogen-bond acceptors (Lipinski definition) is 3. The molecule has 1 N–H and O–H groups in total. The highest BCUT2D eigenvalue weighted by Crippen LogP contribution is 2.18. The predicted molar refractivity (Wildman–Crippen MR) is 120 cm³/mol. The van der Waals surface area contributed by atoms with Gasteiger partial charge in [-0.3, -0.25) is 4.79 Å². The van der Waals surface area contributed by atoms with Crippen LogP contribution in [0.3, 0.4) is 0 Å². The number of benzene rings is 3. The molecule has 0 spiro atoms.